The highest BCUT2D eigenvalue weighted by Crippen LogP contribution is 2.69. The summed E-state index contributed by atoms with van der Waals surface area (Å²) in [4.78, 5) is 23.0. The first-order chi connectivity index (χ1) is 7.70. The van der Waals surface area contributed by atoms with Crippen molar-refractivity contribution >= 4 is 11.9 Å². The summed E-state index contributed by atoms with van der Waals surface area (Å²) in [5.41, 5.74) is 0. The monoisotopic (exact) mass is 222 g/mol. The number of allylic oxidation sites excluding steroid dienone is 2. The maximum absolute atomic E-state index is 11.5. The Bertz CT molecular complexity index is 350. The van der Waals surface area contributed by atoms with E-state index in [1.807, 2.05) is 0 Å². The summed E-state index contributed by atoms with van der Waals surface area (Å²) in [6, 6.07) is 0. The van der Waals surface area contributed by atoms with Crippen molar-refractivity contribution in [3.63, 3.8) is 0 Å². The van der Waals surface area contributed by atoms with Crippen molar-refractivity contribution in [3.8, 4) is 0 Å². The number of fused-ring (bicyclic) bond motifs is 3. The third kappa shape index (κ3) is 1.10. The fraction of sp³-hybridized carbons (Fsp3) is 0.667. The second-order valence-corrected chi connectivity index (χ2v) is 4.79. The van der Waals surface area contributed by atoms with Gasteiger partial charge in [-0.25, -0.2) is 0 Å². The molecule has 6 atom stereocenters. The number of carbonyl (C=O) groups excluding carboxylic acids is 2. The third-order valence-electron chi connectivity index (χ3n) is 4.21. The molecule has 0 unspecified atom stereocenters. The summed E-state index contributed by atoms with van der Waals surface area (Å²) in [5, 5.41) is 0. The van der Waals surface area contributed by atoms with E-state index >= 15 is 0 Å². The zero-order valence-electron chi connectivity index (χ0n) is 9.25. The van der Waals surface area contributed by atoms with E-state index in [9.17, 15) is 9.59 Å². The first-order valence-electron chi connectivity index (χ1n) is 5.54. The molecule has 16 heavy (non-hydrogen) atoms. The molecule has 3 aliphatic rings. The maximum atomic E-state index is 11.5. The highest BCUT2D eigenvalue weighted by molar-refractivity contribution is 5.81. The molecule has 0 bridgehead atoms. The molecule has 3 aliphatic carbocycles. The van der Waals surface area contributed by atoms with E-state index in [1.165, 1.54) is 14.2 Å². The second-order valence-electron chi connectivity index (χ2n) is 4.79. The van der Waals surface area contributed by atoms with E-state index in [0.717, 1.165) is 0 Å². The first kappa shape index (κ1) is 9.87. The molecule has 3 rings (SSSR count). The van der Waals surface area contributed by atoms with Crippen LogP contribution < -0.4 is 0 Å². The molecular weight excluding hydrogens is 208 g/mol. The lowest BCUT2D eigenvalue weighted by Crippen LogP contribution is -2.08. The minimum Gasteiger partial charge on any atom is -0.469 e. The molecule has 0 saturated heterocycles. The van der Waals surface area contributed by atoms with Gasteiger partial charge in [0.2, 0.25) is 0 Å². The predicted molar refractivity (Wildman–Crippen MR) is 54.1 cm³/mol. The van der Waals surface area contributed by atoms with Crippen LogP contribution in [-0.4, -0.2) is 26.2 Å². The molecule has 2 fully saturated rings. The van der Waals surface area contributed by atoms with Crippen LogP contribution in [-0.2, 0) is 19.1 Å². The molecule has 0 aromatic carbocycles. The van der Waals surface area contributed by atoms with Gasteiger partial charge in [0.1, 0.15) is 0 Å². The second kappa shape index (κ2) is 3.09. The van der Waals surface area contributed by atoms with Gasteiger partial charge in [-0.15, -0.1) is 0 Å². The number of esters is 2. The van der Waals surface area contributed by atoms with Crippen molar-refractivity contribution < 1.29 is 19.1 Å². The van der Waals surface area contributed by atoms with Gasteiger partial charge in [-0.1, -0.05) is 12.2 Å². The van der Waals surface area contributed by atoms with Crippen LogP contribution in [0.2, 0.25) is 0 Å². The summed E-state index contributed by atoms with van der Waals surface area (Å²) in [7, 11) is 2.83. The lowest BCUT2D eigenvalue weighted by Gasteiger charge is -1.98. The Morgan fingerprint density at radius 1 is 0.875 bits per heavy atom. The van der Waals surface area contributed by atoms with Crippen LogP contribution in [0.1, 0.15) is 0 Å². The number of carbonyl (C=O) groups is 2. The molecule has 0 spiro atoms. The topological polar surface area (TPSA) is 52.6 Å². The van der Waals surface area contributed by atoms with Crippen molar-refractivity contribution in [1.29, 1.82) is 0 Å². The van der Waals surface area contributed by atoms with Crippen molar-refractivity contribution in [2.45, 2.75) is 0 Å². The molecule has 0 radical (unpaired) electrons. The van der Waals surface area contributed by atoms with Gasteiger partial charge in [0.25, 0.3) is 0 Å². The Labute approximate surface area is 93.6 Å². The van der Waals surface area contributed by atoms with E-state index in [4.69, 9.17) is 9.47 Å². The number of ether oxygens (including phenoxy) is 2. The van der Waals surface area contributed by atoms with Gasteiger partial charge in [0, 0.05) is 0 Å². The van der Waals surface area contributed by atoms with Gasteiger partial charge in [-0.2, -0.15) is 0 Å². The van der Waals surface area contributed by atoms with Crippen LogP contribution in [0.5, 0.6) is 0 Å². The first-order valence-corrected chi connectivity index (χ1v) is 5.54. The molecule has 0 N–H and O–H groups in total. The van der Waals surface area contributed by atoms with Crippen LogP contribution in [0.15, 0.2) is 12.2 Å². The zero-order valence-corrected chi connectivity index (χ0v) is 9.25. The molecule has 0 aromatic rings. The molecule has 4 heteroatoms. The molecule has 0 heterocycles. The Kier molecular flexibility index (Phi) is 1.91. The van der Waals surface area contributed by atoms with Gasteiger partial charge in [-0.3, -0.25) is 9.59 Å². The van der Waals surface area contributed by atoms with E-state index in [0.29, 0.717) is 23.7 Å². The fourth-order valence-corrected chi connectivity index (χ4v) is 3.36. The predicted octanol–water partition coefficient (Wildman–Crippen LogP) is 0.627. The van der Waals surface area contributed by atoms with E-state index in [2.05, 4.69) is 12.2 Å². The SMILES string of the molecule is COC(=O)[C@@H]1[C@H]2C=C[C@H]3[C@H](C(=O)OC)[C@H]3[C@H]21. The average Bonchev–Trinajstić information content (AvgIpc) is 3.16. The van der Waals surface area contributed by atoms with E-state index in [-0.39, 0.29) is 23.8 Å². The molecule has 2 saturated carbocycles. The van der Waals surface area contributed by atoms with Crippen molar-refractivity contribution in [2.24, 2.45) is 35.5 Å². The number of methoxy groups -OCH3 is 2. The van der Waals surface area contributed by atoms with Gasteiger partial charge < -0.3 is 9.47 Å². The Balaban J connectivity index is 1.74. The van der Waals surface area contributed by atoms with Crippen LogP contribution in [0.4, 0.5) is 0 Å². The Hall–Kier alpha value is -1.32. The lowest BCUT2D eigenvalue weighted by atomic mass is 10.1. The number of hydrogen-bond donors (Lipinski definition) is 0. The smallest absolute Gasteiger partial charge is 0.309 e. The highest BCUT2D eigenvalue weighted by Gasteiger charge is 2.71. The molecule has 86 valence electrons. The molecular formula is C12H14O4. The number of hydrogen-bond acceptors (Lipinski definition) is 4. The maximum Gasteiger partial charge on any atom is 0.309 e. The highest BCUT2D eigenvalue weighted by atomic mass is 16.5. The van der Waals surface area contributed by atoms with Crippen molar-refractivity contribution in [1.82, 2.24) is 0 Å². The molecule has 0 amide bonds. The summed E-state index contributed by atoms with van der Waals surface area (Å²) >= 11 is 0. The van der Waals surface area contributed by atoms with Crippen LogP contribution >= 0.6 is 0 Å². The van der Waals surface area contributed by atoms with E-state index < -0.39 is 0 Å². The standard InChI is InChI=1S/C12H14O4/c1-15-11(13)9-5-3-4-6-8(7(5)9)10(6)12(14)16-2/h3-10H,1-2H3/t5-,6+,7-,8+,9+,10-. The summed E-state index contributed by atoms with van der Waals surface area (Å²) in [6.45, 7) is 0. The van der Waals surface area contributed by atoms with Gasteiger partial charge in [0.05, 0.1) is 26.1 Å². The van der Waals surface area contributed by atoms with Crippen molar-refractivity contribution in [2.75, 3.05) is 14.2 Å². The molecule has 0 aromatic heterocycles. The third-order valence-corrected chi connectivity index (χ3v) is 4.21. The lowest BCUT2D eigenvalue weighted by molar-refractivity contribution is -0.144. The van der Waals surface area contributed by atoms with Crippen LogP contribution in [0.25, 0.3) is 0 Å². The van der Waals surface area contributed by atoms with Crippen LogP contribution in [0, 0.1) is 35.5 Å². The Morgan fingerprint density at radius 2 is 1.25 bits per heavy atom. The summed E-state index contributed by atoms with van der Waals surface area (Å²) < 4.78 is 9.53. The summed E-state index contributed by atoms with van der Waals surface area (Å²) in [5.74, 6) is 0.883. The Morgan fingerprint density at radius 3 is 1.56 bits per heavy atom. The minimum absolute atomic E-state index is 0.0223. The van der Waals surface area contributed by atoms with Gasteiger partial charge >= 0.3 is 11.9 Å². The van der Waals surface area contributed by atoms with Crippen molar-refractivity contribution in [3.05, 3.63) is 12.2 Å². The van der Waals surface area contributed by atoms with E-state index in [1.54, 1.807) is 0 Å². The molecule has 0 aliphatic heterocycles. The van der Waals surface area contributed by atoms with Crippen LogP contribution in [0.3, 0.4) is 0 Å². The average molecular weight is 222 g/mol. The fourth-order valence-electron chi connectivity index (χ4n) is 3.36. The minimum atomic E-state index is -0.143. The normalized spacial score (nSPS) is 46.4. The number of rotatable bonds is 2. The summed E-state index contributed by atoms with van der Waals surface area (Å²) in [6.07, 6.45) is 4.13. The zero-order chi connectivity index (χ0) is 11.4. The molecule has 4 nitrogen and oxygen atoms in total. The van der Waals surface area contributed by atoms with Gasteiger partial charge in [-0.05, 0) is 23.7 Å². The quantitative estimate of drug-likeness (QED) is 0.508. The largest absolute Gasteiger partial charge is 0.469 e. The van der Waals surface area contributed by atoms with Gasteiger partial charge in [0.15, 0.2) is 0 Å².